The predicted octanol–water partition coefficient (Wildman–Crippen LogP) is 4.01. The Bertz CT molecular complexity index is 1250. The maximum Gasteiger partial charge on any atom is 0.290 e. The minimum Gasteiger partial charge on any atom is -0.493 e. The molecular formula is C26H30N2O5. The van der Waals surface area contributed by atoms with Gasteiger partial charge in [-0.25, -0.2) is 0 Å². The van der Waals surface area contributed by atoms with Gasteiger partial charge in [0.05, 0.1) is 31.2 Å². The van der Waals surface area contributed by atoms with Gasteiger partial charge in [0.25, 0.3) is 5.91 Å². The van der Waals surface area contributed by atoms with Crippen LogP contribution in [0.2, 0.25) is 0 Å². The Hall–Kier alpha value is -3.32. The maximum atomic E-state index is 13.7. The largest absolute Gasteiger partial charge is 0.493 e. The second-order valence-corrected chi connectivity index (χ2v) is 8.22. The Labute approximate surface area is 193 Å². The first-order valence-electron chi connectivity index (χ1n) is 11.3. The fraction of sp³-hybridized carbons (Fsp3) is 0.385. The smallest absolute Gasteiger partial charge is 0.290 e. The fourth-order valence-corrected chi connectivity index (χ4v) is 4.52. The van der Waals surface area contributed by atoms with Crippen LogP contribution in [-0.4, -0.2) is 56.1 Å². The molecule has 0 saturated heterocycles. The van der Waals surface area contributed by atoms with E-state index in [-0.39, 0.29) is 17.1 Å². The van der Waals surface area contributed by atoms with Crippen molar-refractivity contribution in [3.63, 3.8) is 0 Å². The molecule has 33 heavy (non-hydrogen) atoms. The van der Waals surface area contributed by atoms with Crippen molar-refractivity contribution >= 4 is 16.9 Å². The van der Waals surface area contributed by atoms with Gasteiger partial charge in [-0.3, -0.25) is 9.59 Å². The third kappa shape index (κ3) is 3.97. The monoisotopic (exact) mass is 450 g/mol. The highest BCUT2D eigenvalue weighted by molar-refractivity contribution is 5.99. The number of amides is 1. The summed E-state index contributed by atoms with van der Waals surface area (Å²) in [6.07, 6.45) is 0. The van der Waals surface area contributed by atoms with Gasteiger partial charge in [0.2, 0.25) is 5.76 Å². The quantitative estimate of drug-likeness (QED) is 0.517. The normalized spacial score (nSPS) is 15.4. The lowest BCUT2D eigenvalue weighted by Crippen LogP contribution is -2.37. The molecule has 0 bridgehead atoms. The van der Waals surface area contributed by atoms with Gasteiger partial charge in [0, 0.05) is 13.1 Å². The van der Waals surface area contributed by atoms with Crippen LogP contribution in [0.3, 0.4) is 0 Å². The van der Waals surface area contributed by atoms with E-state index >= 15 is 0 Å². The summed E-state index contributed by atoms with van der Waals surface area (Å²) >= 11 is 0. The van der Waals surface area contributed by atoms with E-state index in [9.17, 15) is 9.59 Å². The number of likely N-dealkylation sites (N-methyl/N-ethyl adjacent to an activating group) is 1. The topological polar surface area (TPSA) is 72.2 Å². The highest BCUT2D eigenvalue weighted by Crippen LogP contribution is 2.40. The number of ether oxygens (including phenoxy) is 2. The van der Waals surface area contributed by atoms with Gasteiger partial charge in [-0.1, -0.05) is 31.5 Å². The zero-order chi connectivity index (χ0) is 23.7. The van der Waals surface area contributed by atoms with Crippen LogP contribution < -0.4 is 14.9 Å². The van der Waals surface area contributed by atoms with Crippen molar-refractivity contribution in [2.45, 2.75) is 26.8 Å². The number of aryl methyl sites for hydroxylation is 1. The van der Waals surface area contributed by atoms with E-state index in [0.717, 1.165) is 24.2 Å². The minimum atomic E-state index is -0.566. The lowest BCUT2D eigenvalue weighted by atomic mass is 9.97. The summed E-state index contributed by atoms with van der Waals surface area (Å²) in [4.78, 5) is 31.2. The molecule has 1 atom stereocenters. The van der Waals surface area contributed by atoms with E-state index in [4.69, 9.17) is 13.9 Å². The molecule has 2 heterocycles. The molecule has 0 spiro atoms. The molecule has 3 aromatic rings. The molecule has 0 aliphatic carbocycles. The number of carbonyl (C=O) groups is 1. The number of rotatable bonds is 8. The van der Waals surface area contributed by atoms with Crippen molar-refractivity contribution in [3.05, 3.63) is 69.1 Å². The standard InChI is InChI=1S/C26H30N2O5/c1-6-27(7-2)12-13-28-23(17-9-11-20(31-4)21(15-17)32-5)22-24(29)18-14-16(3)8-10-19(18)33-25(22)26(28)30/h8-11,14-15,23H,6-7,12-13H2,1-5H3. The zero-order valence-corrected chi connectivity index (χ0v) is 19.8. The van der Waals surface area contributed by atoms with E-state index in [0.29, 0.717) is 41.1 Å². The van der Waals surface area contributed by atoms with Crippen LogP contribution in [0.5, 0.6) is 11.5 Å². The molecule has 4 rings (SSSR count). The van der Waals surface area contributed by atoms with E-state index in [1.807, 2.05) is 31.2 Å². The van der Waals surface area contributed by atoms with Crippen molar-refractivity contribution in [2.75, 3.05) is 40.4 Å². The number of hydrogen-bond donors (Lipinski definition) is 0. The van der Waals surface area contributed by atoms with Gasteiger partial charge in [-0.2, -0.15) is 0 Å². The van der Waals surface area contributed by atoms with Crippen LogP contribution in [0.1, 0.15) is 47.1 Å². The highest BCUT2D eigenvalue weighted by Gasteiger charge is 2.42. The maximum absolute atomic E-state index is 13.7. The lowest BCUT2D eigenvalue weighted by Gasteiger charge is -2.28. The highest BCUT2D eigenvalue weighted by atomic mass is 16.5. The molecule has 1 unspecified atom stereocenters. The van der Waals surface area contributed by atoms with Crippen LogP contribution >= 0.6 is 0 Å². The molecule has 2 aromatic carbocycles. The predicted molar refractivity (Wildman–Crippen MR) is 127 cm³/mol. The summed E-state index contributed by atoms with van der Waals surface area (Å²) in [7, 11) is 3.14. The SMILES string of the molecule is CCN(CC)CCN1C(=O)c2oc3ccc(C)cc3c(=O)c2C1c1ccc(OC)c(OC)c1. The average molecular weight is 451 g/mol. The first-order valence-corrected chi connectivity index (χ1v) is 11.3. The van der Waals surface area contributed by atoms with Gasteiger partial charge in [0.1, 0.15) is 5.58 Å². The Balaban J connectivity index is 1.90. The number of hydrogen-bond acceptors (Lipinski definition) is 6. The molecule has 7 nitrogen and oxygen atoms in total. The summed E-state index contributed by atoms with van der Waals surface area (Å²) in [6.45, 7) is 9.05. The molecule has 1 aromatic heterocycles. The molecule has 1 amide bonds. The van der Waals surface area contributed by atoms with Crippen LogP contribution in [-0.2, 0) is 0 Å². The van der Waals surface area contributed by atoms with Gasteiger partial charge in [0.15, 0.2) is 16.9 Å². The van der Waals surface area contributed by atoms with Crippen LogP contribution in [0, 0.1) is 6.92 Å². The van der Waals surface area contributed by atoms with Gasteiger partial charge < -0.3 is 23.7 Å². The van der Waals surface area contributed by atoms with E-state index in [2.05, 4.69) is 18.7 Å². The van der Waals surface area contributed by atoms with Crippen molar-refractivity contribution in [2.24, 2.45) is 0 Å². The van der Waals surface area contributed by atoms with E-state index in [1.54, 1.807) is 31.3 Å². The number of nitrogens with zero attached hydrogens (tertiary/aromatic N) is 2. The van der Waals surface area contributed by atoms with E-state index in [1.165, 1.54) is 0 Å². The Kier molecular flexibility index (Phi) is 6.42. The van der Waals surface area contributed by atoms with Gasteiger partial charge in [-0.15, -0.1) is 0 Å². The molecule has 1 aliphatic rings. The molecule has 0 fully saturated rings. The molecule has 0 radical (unpaired) electrons. The Morgan fingerprint density at radius 2 is 1.73 bits per heavy atom. The van der Waals surface area contributed by atoms with Gasteiger partial charge >= 0.3 is 0 Å². The first kappa shape index (κ1) is 22.9. The van der Waals surface area contributed by atoms with Crippen LogP contribution in [0.4, 0.5) is 0 Å². The summed E-state index contributed by atoms with van der Waals surface area (Å²) in [6, 6.07) is 10.4. The summed E-state index contributed by atoms with van der Waals surface area (Å²) < 4.78 is 16.9. The summed E-state index contributed by atoms with van der Waals surface area (Å²) in [5.41, 5.74) is 2.37. The Morgan fingerprint density at radius 3 is 2.39 bits per heavy atom. The van der Waals surface area contributed by atoms with E-state index < -0.39 is 6.04 Å². The van der Waals surface area contributed by atoms with Crippen molar-refractivity contribution in [1.82, 2.24) is 9.80 Å². The number of carbonyl (C=O) groups excluding carboxylic acids is 1. The summed E-state index contributed by atoms with van der Waals surface area (Å²) in [5, 5.41) is 0.484. The zero-order valence-electron chi connectivity index (χ0n) is 19.8. The van der Waals surface area contributed by atoms with Crippen molar-refractivity contribution in [1.29, 1.82) is 0 Å². The minimum absolute atomic E-state index is 0.121. The molecule has 174 valence electrons. The average Bonchev–Trinajstić information content (AvgIpc) is 3.11. The third-order valence-corrected chi connectivity index (χ3v) is 6.40. The Morgan fingerprint density at radius 1 is 1.00 bits per heavy atom. The lowest BCUT2D eigenvalue weighted by molar-refractivity contribution is 0.0708. The molecule has 7 heteroatoms. The number of benzene rings is 2. The molecular weight excluding hydrogens is 420 g/mol. The molecule has 0 saturated carbocycles. The fourth-order valence-electron chi connectivity index (χ4n) is 4.52. The van der Waals surface area contributed by atoms with Crippen LogP contribution in [0.15, 0.2) is 45.6 Å². The van der Waals surface area contributed by atoms with Crippen molar-refractivity contribution in [3.8, 4) is 11.5 Å². The first-order chi connectivity index (χ1) is 15.9. The number of fused-ring (bicyclic) bond motifs is 2. The molecule has 1 aliphatic heterocycles. The summed E-state index contributed by atoms with van der Waals surface area (Å²) in [5.74, 6) is 0.981. The third-order valence-electron chi connectivity index (χ3n) is 6.40. The second kappa shape index (κ2) is 9.27. The van der Waals surface area contributed by atoms with Crippen molar-refractivity contribution < 1.29 is 18.7 Å². The molecule has 0 N–H and O–H groups in total. The second-order valence-electron chi connectivity index (χ2n) is 8.22. The number of methoxy groups -OCH3 is 2. The van der Waals surface area contributed by atoms with Gasteiger partial charge in [-0.05, 0) is 49.8 Å². The van der Waals surface area contributed by atoms with Crippen LogP contribution in [0.25, 0.3) is 11.0 Å².